The number of ether oxygens (including phenoxy) is 1. The zero-order chi connectivity index (χ0) is 19.2. The van der Waals surface area contributed by atoms with Crippen molar-refractivity contribution >= 4 is 23.5 Å². The number of benzene rings is 2. The molecule has 1 heterocycles. The van der Waals surface area contributed by atoms with E-state index in [0.717, 1.165) is 11.1 Å². The highest BCUT2D eigenvalue weighted by Crippen LogP contribution is 2.19. The first-order chi connectivity index (χ1) is 13.0. The first-order valence-electron chi connectivity index (χ1n) is 8.10. The molecule has 3 rings (SSSR count). The van der Waals surface area contributed by atoms with Gasteiger partial charge in [0.05, 0.1) is 0 Å². The van der Waals surface area contributed by atoms with E-state index in [-0.39, 0.29) is 19.0 Å². The molecular weight excluding hydrogens is 370 g/mol. The van der Waals surface area contributed by atoms with Crippen molar-refractivity contribution in [1.82, 2.24) is 15.5 Å². The molecule has 1 amide bonds. The average Bonchev–Trinajstić information content (AvgIpc) is 3.14. The van der Waals surface area contributed by atoms with E-state index < -0.39 is 11.9 Å². The number of carbonyl (C=O) groups is 2. The van der Waals surface area contributed by atoms with Crippen LogP contribution in [0.15, 0.2) is 52.9 Å². The lowest BCUT2D eigenvalue weighted by molar-refractivity contribution is -0.144. The fourth-order valence-electron chi connectivity index (χ4n) is 2.26. The summed E-state index contributed by atoms with van der Waals surface area (Å²) in [4.78, 5) is 23.7. The van der Waals surface area contributed by atoms with Gasteiger partial charge in [-0.1, -0.05) is 29.3 Å². The number of esters is 1. The van der Waals surface area contributed by atoms with Gasteiger partial charge in [0.2, 0.25) is 5.89 Å². The van der Waals surface area contributed by atoms with Gasteiger partial charge in [-0.25, -0.2) is 0 Å². The van der Waals surface area contributed by atoms with E-state index in [9.17, 15) is 9.59 Å². The van der Waals surface area contributed by atoms with Gasteiger partial charge in [-0.2, -0.15) is 0 Å². The lowest BCUT2D eigenvalue weighted by Gasteiger charge is -2.05. The second kappa shape index (κ2) is 8.46. The molecular formula is C19H16ClN3O4. The average molecular weight is 386 g/mol. The number of aryl methyl sites for hydroxylation is 1. The maximum absolute atomic E-state index is 11.9. The molecule has 0 spiro atoms. The normalized spacial score (nSPS) is 10.4. The van der Waals surface area contributed by atoms with E-state index in [1.165, 1.54) is 0 Å². The number of nitrogens with zero attached hydrogens (tertiary/aromatic N) is 2. The third-order valence-corrected chi connectivity index (χ3v) is 3.84. The molecule has 0 atom stereocenters. The SMILES string of the molecule is Cc1cccc(-c2nnc(COC(=O)CNC(=O)c3ccc(Cl)cc3)o2)c1. The molecule has 0 fully saturated rings. The summed E-state index contributed by atoms with van der Waals surface area (Å²) in [6.07, 6.45) is 0. The zero-order valence-electron chi connectivity index (χ0n) is 14.4. The van der Waals surface area contributed by atoms with Crippen LogP contribution in [-0.2, 0) is 16.1 Å². The predicted octanol–water partition coefficient (Wildman–Crippen LogP) is 3.17. The van der Waals surface area contributed by atoms with Crippen LogP contribution in [0.25, 0.3) is 11.5 Å². The summed E-state index contributed by atoms with van der Waals surface area (Å²) in [5.74, 6) is -0.500. The smallest absolute Gasteiger partial charge is 0.325 e. The van der Waals surface area contributed by atoms with E-state index in [0.29, 0.717) is 16.5 Å². The number of hydrogen-bond acceptors (Lipinski definition) is 6. The number of aromatic nitrogens is 2. The van der Waals surface area contributed by atoms with Gasteiger partial charge in [0, 0.05) is 16.1 Å². The minimum absolute atomic E-state index is 0.170. The molecule has 1 aromatic heterocycles. The van der Waals surface area contributed by atoms with Crippen molar-refractivity contribution < 1.29 is 18.7 Å². The summed E-state index contributed by atoms with van der Waals surface area (Å²) in [7, 11) is 0. The number of amides is 1. The minimum atomic E-state index is -0.618. The third-order valence-electron chi connectivity index (χ3n) is 3.59. The molecule has 0 aliphatic rings. The van der Waals surface area contributed by atoms with Crippen LogP contribution in [0.3, 0.4) is 0 Å². The van der Waals surface area contributed by atoms with Gasteiger partial charge in [0.1, 0.15) is 6.54 Å². The standard InChI is InChI=1S/C19H16ClN3O4/c1-12-3-2-4-14(9-12)19-23-22-16(27-19)11-26-17(24)10-21-18(25)13-5-7-15(20)8-6-13/h2-9H,10-11H2,1H3,(H,21,25). The number of hydrogen-bond donors (Lipinski definition) is 1. The highest BCUT2D eigenvalue weighted by molar-refractivity contribution is 6.30. The summed E-state index contributed by atoms with van der Waals surface area (Å²) < 4.78 is 10.5. The molecule has 8 heteroatoms. The van der Waals surface area contributed by atoms with Gasteiger partial charge < -0.3 is 14.5 Å². The van der Waals surface area contributed by atoms with Gasteiger partial charge >= 0.3 is 5.97 Å². The van der Waals surface area contributed by atoms with Crippen molar-refractivity contribution in [3.8, 4) is 11.5 Å². The number of nitrogens with one attached hydrogen (secondary N) is 1. The van der Waals surface area contributed by atoms with Crippen molar-refractivity contribution in [2.75, 3.05) is 6.54 Å². The first kappa shape index (κ1) is 18.6. The fraction of sp³-hybridized carbons (Fsp3) is 0.158. The fourth-order valence-corrected chi connectivity index (χ4v) is 2.38. The van der Waals surface area contributed by atoms with Crippen LogP contribution < -0.4 is 5.32 Å². The zero-order valence-corrected chi connectivity index (χ0v) is 15.2. The van der Waals surface area contributed by atoms with Gasteiger partial charge in [-0.3, -0.25) is 9.59 Å². The Labute approximate surface area is 160 Å². The summed E-state index contributed by atoms with van der Waals surface area (Å²) in [6.45, 7) is 1.51. The Morgan fingerprint density at radius 2 is 1.93 bits per heavy atom. The lowest BCUT2D eigenvalue weighted by atomic mass is 10.1. The van der Waals surface area contributed by atoms with E-state index in [4.69, 9.17) is 20.8 Å². The molecule has 0 aliphatic carbocycles. The number of carbonyl (C=O) groups excluding carboxylic acids is 2. The third kappa shape index (κ3) is 5.15. The topological polar surface area (TPSA) is 94.3 Å². The van der Waals surface area contributed by atoms with Crippen molar-refractivity contribution in [2.45, 2.75) is 13.5 Å². The molecule has 0 saturated heterocycles. The maximum Gasteiger partial charge on any atom is 0.325 e. The molecule has 0 unspecified atom stereocenters. The van der Waals surface area contributed by atoms with Gasteiger partial charge in [-0.05, 0) is 43.3 Å². The van der Waals surface area contributed by atoms with Gasteiger partial charge in [-0.15, -0.1) is 10.2 Å². The second-order valence-electron chi connectivity index (χ2n) is 5.72. The van der Waals surface area contributed by atoms with Crippen LogP contribution in [0.5, 0.6) is 0 Å². The van der Waals surface area contributed by atoms with Crippen LogP contribution in [0.4, 0.5) is 0 Å². The Morgan fingerprint density at radius 3 is 2.67 bits per heavy atom. The molecule has 27 heavy (non-hydrogen) atoms. The number of rotatable bonds is 6. The summed E-state index contributed by atoms with van der Waals surface area (Å²) in [5.41, 5.74) is 2.25. The Morgan fingerprint density at radius 1 is 1.15 bits per heavy atom. The summed E-state index contributed by atoms with van der Waals surface area (Å²) in [5, 5.41) is 10.8. The van der Waals surface area contributed by atoms with Crippen molar-refractivity contribution in [3.05, 3.63) is 70.6 Å². The molecule has 0 saturated carbocycles. The molecule has 0 radical (unpaired) electrons. The van der Waals surface area contributed by atoms with E-state index >= 15 is 0 Å². The van der Waals surface area contributed by atoms with Crippen molar-refractivity contribution in [2.24, 2.45) is 0 Å². The lowest BCUT2D eigenvalue weighted by Crippen LogP contribution is -2.30. The predicted molar refractivity (Wildman–Crippen MR) is 98.1 cm³/mol. The highest BCUT2D eigenvalue weighted by Gasteiger charge is 2.12. The first-order valence-corrected chi connectivity index (χ1v) is 8.48. The number of halogens is 1. The Bertz CT molecular complexity index is 954. The highest BCUT2D eigenvalue weighted by atomic mass is 35.5. The molecule has 0 bridgehead atoms. The second-order valence-corrected chi connectivity index (χ2v) is 6.16. The maximum atomic E-state index is 11.9. The monoisotopic (exact) mass is 385 g/mol. The van der Waals surface area contributed by atoms with Crippen molar-refractivity contribution in [3.63, 3.8) is 0 Å². The van der Waals surface area contributed by atoms with Crippen LogP contribution in [0.1, 0.15) is 21.8 Å². The Balaban J connectivity index is 1.48. The largest absolute Gasteiger partial charge is 0.454 e. The Kier molecular flexibility index (Phi) is 5.83. The molecule has 0 aliphatic heterocycles. The summed E-state index contributed by atoms with van der Waals surface area (Å²) >= 11 is 5.77. The minimum Gasteiger partial charge on any atom is -0.454 e. The van der Waals surface area contributed by atoms with Crippen LogP contribution in [-0.4, -0.2) is 28.6 Å². The molecule has 3 aromatic rings. The van der Waals surface area contributed by atoms with E-state index in [1.807, 2.05) is 31.2 Å². The molecule has 2 aromatic carbocycles. The van der Waals surface area contributed by atoms with E-state index in [1.54, 1.807) is 24.3 Å². The molecule has 7 nitrogen and oxygen atoms in total. The van der Waals surface area contributed by atoms with Crippen LogP contribution >= 0.6 is 11.6 Å². The van der Waals surface area contributed by atoms with Crippen LogP contribution in [0.2, 0.25) is 5.02 Å². The molecule has 138 valence electrons. The van der Waals surface area contributed by atoms with Crippen LogP contribution in [0, 0.1) is 6.92 Å². The van der Waals surface area contributed by atoms with Gasteiger partial charge in [0.25, 0.3) is 11.8 Å². The Hall–Kier alpha value is -3.19. The quantitative estimate of drug-likeness (QED) is 0.655. The van der Waals surface area contributed by atoms with Gasteiger partial charge in [0.15, 0.2) is 6.61 Å². The van der Waals surface area contributed by atoms with E-state index in [2.05, 4.69) is 15.5 Å². The van der Waals surface area contributed by atoms with Crippen molar-refractivity contribution in [1.29, 1.82) is 0 Å². The molecule has 1 N–H and O–H groups in total. The summed E-state index contributed by atoms with van der Waals surface area (Å²) in [6, 6.07) is 13.9.